The van der Waals surface area contributed by atoms with Gasteiger partial charge in [-0.3, -0.25) is 4.79 Å². The van der Waals surface area contributed by atoms with Crippen molar-refractivity contribution in [2.75, 3.05) is 35.0 Å². The SMILES string of the molecule is COC(=O)C1CCCCN1C(=O)C(c1cc(OC)c(OC)c(OC)c1)C1CCCCC1. The quantitative estimate of drug-likeness (QED) is 0.607. The lowest BCUT2D eigenvalue weighted by atomic mass is 9.75. The smallest absolute Gasteiger partial charge is 0.328 e. The van der Waals surface area contributed by atoms with E-state index in [-0.39, 0.29) is 23.7 Å². The van der Waals surface area contributed by atoms with Crippen LogP contribution in [0.5, 0.6) is 17.2 Å². The Labute approximate surface area is 185 Å². The summed E-state index contributed by atoms with van der Waals surface area (Å²) in [5.41, 5.74) is 0.848. The highest BCUT2D eigenvalue weighted by Gasteiger charge is 2.40. The fourth-order valence-electron chi connectivity index (χ4n) is 5.12. The Balaban J connectivity index is 2.04. The number of carbonyl (C=O) groups is 2. The summed E-state index contributed by atoms with van der Waals surface area (Å²) < 4.78 is 21.6. The lowest BCUT2D eigenvalue weighted by Gasteiger charge is -2.39. The molecule has 0 radical (unpaired) electrons. The molecule has 0 N–H and O–H groups in total. The molecule has 1 aromatic carbocycles. The van der Waals surface area contributed by atoms with Gasteiger partial charge in [-0.25, -0.2) is 4.79 Å². The van der Waals surface area contributed by atoms with Crippen LogP contribution in [0.4, 0.5) is 0 Å². The first-order valence-electron chi connectivity index (χ1n) is 11.2. The van der Waals surface area contributed by atoms with Crippen LogP contribution < -0.4 is 14.2 Å². The zero-order valence-corrected chi connectivity index (χ0v) is 19.1. The van der Waals surface area contributed by atoms with Crippen LogP contribution in [0.25, 0.3) is 0 Å². The number of hydrogen-bond acceptors (Lipinski definition) is 6. The van der Waals surface area contributed by atoms with E-state index < -0.39 is 6.04 Å². The molecule has 1 saturated carbocycles. The van der Waals surface area contributed by atoms with E-state index in [1.54, 1.807) is 26.2 Å². The number of nitrogens with zero attached hydrogens (tertiary/aromatic N) is 1. The van der Waals surface area contributed by atoms with E-state index in [1.807, 2.05) is 12.1 Å². The third-order valence-corrected chi connectivity index (χ3v) is 6.69. The maximum atomic E-state index is 14.0. The second kappa shape index (κ2) is 10.7. The van der Waals surface area contributed by atoms with Crippen LogP contribution in [0.3, 0.4) is 0 Å². The Bertz CT molecular complexity index is 748. The van der Waals surface area contributed by atoms with E-state index in [0.717, 1.165) is 44.1 Å². The molecule has 1 aromatic rings. The first kappa shape index (κ1) is 23.2. The molecule has 172 valence electrons. The summed E-state index contributed by atoms with van der Waals surface area (Å²) in [6.45, 7) is 0.576. The molecule has 2 atom stereocenters. The van der Waals surface area contributed by atoms with Crippen LogP contribution in [0.15, 0.2) is 12.1 Å². The van der Waals surface area contributed by atoms with Gasteiger partial charge in [-0.15, -0.1) is 0 Å². The molecular weight excluding hydrogens is 398 g/mol. The molecule has 0 bridgehead atoms. The van der Waals surface area contributed by atoms with Gasteiger partial charge in [0.25, 0.3) is 0 Å². The molecular formula is C24H35NO6. The molecule has 2 fully saturated rings. The molecule has 2 unspecified atom stereocenters. The second-order valence-corrected chi connectivity index (χ2v) is 8.40. The summed E-state index contributed by atoms with van der Waals surface area (Å²) in [5.74, 6) is 1.09. The maximum Gasteiger partial charge on any atom is 0.328 e. The van der Waals surface area contributed by atoms with Gasteiger partial charge in [0.2, 0.25) is 11.7 Å². The van der Waals surface area contributed by atoms with Gasteiger partial charge in [0.15, 0.2) is 11.5 Å². The van der Waals surface area contributed by atoms with Crippen molar-refractivity contribution in [3.63, 3.8) is 0 Å². The average Bonchev–Trinajstić information content (AvgIpc) is 2.83. The zero-order chi connectivity index (χ0) is 22.4. The van der Waals surface area contributed by atoms with Crippen molar-refractivity contribution in [3.05, 3.63) is 17.7 Å². The highest BCUT2D eigenvalue weighted by Crippen LogP contribution is 2.45. The molecule has 1 saturated heterocycles. The minimum atomic E-state index is -0.514. The van der Waals surface area contributed by atoms with Gasteiger partial charge < -0.3 is 23.8 Å². The molecule has 31 heavy (non-hydrogen) atoms. The molecule has 7 nitrogen and oxygen atoms in total. The van der Waals surface area contributed by atoms with E-state index in [0.29, 0.717) is 30.2 Å². The minimum absolute atomic E-state index is 0.00345. The number of likely N-dealkylation sites (tertiary alicyclic amines) is 1. The predicted octanol–water partition coefficient (Wildman–Crippen LogP) is 3.93. The number of piperidine rings is 1. The number of carbonyl (C=O) groups excluding carboxylic acids is 2. The van der Waals surface area contributed by atoms with Crippen molar-refractivity contribution in [3.8, 4) is 17.2 Å². The van der Waals surface area contributed by atoms with E-state index in [9.17, 15) is 9.59 Å². The monoisotopic (exact) mass is 433 g/mol. The van der Waals surface area contributed by atoms with Crippen molar-refractivity contribution >= 4 is 11.9 Å². The molecule has 0 spiro atoms. The van der Waals surface area contributed by atoms with Crippen molar-refractivity contribution < 1.29 is 28.5 Å². The Morgan fingerprint density at radius 1 is 0.871 bits per heavy atom. The minimum Gasteiger partial charge on any atom is -0.493 e. The van der Waals surface area contributed by atoms with Crippen LogP contribution in [-0.2, 0) is 14.3 Å². The number of methoxy groups -OCH3 is 4. The highest BCUT2D eigenvalue weighted by atomic mass is 16.5. The fraction of sp³-hybridized carbons (Fsp3) is 0.667. The van der Waals surface area contributed by atoms with Crippen LogP contribution in [0.1, 0.15) is 62.8 Å². The first-order valence-corrected chi connectivity index (χ1v) is 11.2. The third-order valence-electron chi connectivity index (χ3n) is 6.69. The Morgan fingerprint density at radius 2 is 1.48 bits per heavy atom. The van der Waals surface area contributed by atoms with Crippen molar-refractivity contribution in [1.29, 1.82) is 0 Å². The summed E-state index contributed by atoms with van der Waals surface area (Å²) in [6, 6.07) is 3.25. The molecule has 3 rings (SSSR count). The van der Waals surface area contributed by atoms with Crippen molar-refractivity contribution in [2.45, 2.75) is 63.3 Å². The number of hydrogen-bond donors (Lipinski definition) is 0. The Kier molecular flexibility index (Phi) is 8.04. The van der Waals surface area contributed by atoms with Gasteiger partial charge in [-0.1, -0.05) is 19.3 Å². The lowest BCUT2D eigenvalue weighted by Crippen LogP contribution is -2.51. The summed E-state index contributed by atoms with van der Waals surface area (Å²) in [6.07, 6.45) is 7.85. The average molecular weight is 434 g/mol. The molecule has 0 aromatic heterocycles. The van der Waals surface area contributed by atoms with E-state index >= 15 is 0 Å². The standard InChI is InChI=1S/C24H35NO6/c1-28-19-14-17(15-20(29-2)22(19)30-3)21(16-10-6-5-7-11-16)23(26)25-13-9-8-12-18(25)24(27)31-4/h14-16,18,21H,5-13H2,1-4H3. The van der Waals surface area contributed by atoms with Crippen LogP contribution in [-0.4, -0.2) is 57.8 Å². The van der Waals surface area contributed by atoms with Crippen molar-refractivity contribution in [1.82, 2.24) is 4.90 Å². The molecule has 7 heteroatoms. The lowest BCUT2D eigenvalue weighted by molar-refractivity contribution is -0.155. The highest BCUT2D eigenvalue weighted by molar-refractivity contribution is 5.89. The topological polar surface area (TPSA) is 74.3 Å². The summed E-state index contributed by atoms with van der Waals surface area (Å²) in [7, 11) is 6.11. The van der Waals surface area contributed by atoms with Crippen LogP contribution in [0, 0.1) is 5.92 Å². The molecule has 1 heterocycles. The molecule has 1 aliphatic heterocycles. The maximum absolute atomic E-state index is 14.0. The van der Waals surface area contributed by atoms with Crippen molar-refractivity contribution in [2.24, 2.45) is 5.92 Å². The second-order valence-electron chi connectivity index (χ2n) is 8.40. The fourth-order valence-corrected chi connectivity index (χ4v) is 5.12. The van der Waals surface area contributed by atoms with Crippen LogP contribution >= 0.6 is 0 Å². The number of benzene rings is 1. The molecule has 2 aliphatic rings. The Morgan fingerprint density at radius 3 is 2.03 bits per heavy atom. The molecule has 1 amide bonds. The number of esters is 1. The molecule has 1 aliphatic carbocycles. The first-order chi connectivity index (χ1) is 15.0. The van der Waals surface area contributed by atoms with Gasteiger partial charge in [0.05, 0.1) is 34.4 Å². The third kappa shape index (κ3) is 4.91. The predicted molar refractivity (Wildman–Crippen MR) is 117 cm³/mol. The summed E-state index contributed by atoms with van der Waals surface area (Å²) in [5, 5.41) is 0. The normalized spacial score (nSPS) is 20.6. The zero-order valence-electron chi connectivity index (χ0n) is 19.1. The number of amides is 1. The van der Waals surface area contributed by atoms with Gasteiger partial charge in [-0.2, -0.15) is 0 Å². The largest absolute Gasteiger partial charge is 0.493 e. The van der Waals surface area contributed by atoms with Gasteiger partial charge in [0.1, 0.15) is 6.04 Å². The summed E-state index contributed by atoms with van der Waals surface area (Å²) >= 11 is 0. The Hall–Kier alpha value is -2.44. The van der Waals surface area contributed by atoms with E-state index in [2.05, 4.69) is 0 Å². The van der Waals surface area contributed by atoms with Gasteiger partial charge in [0, 0.05) is 6.54 Å². The van der Waals surface area contributed by atoms with Gasteiger partial charge in [-0.05, 0) is 55.7 Å². The summed E-state index contributed by atoms with van der Waals surface area (Å²) in [4.78, 5) is 28.2. The van der Waals surface area contributed by atoms with Gasteiger partial charge >= 0.3 is 5.97 Å². The number of rotatable bonds is 7. The van der Waals surface area contributed by atoms with E-state index in [1.165, 1.54) is 13.5 Å². The van der Waals surface area contributed by atoms with Crippen LogP contribution in [0.2, 0.25) is 0 Å². The number of ether oxygens (including phenoxy) is 4. The van der Waals surface area contributed by atoms with E-state index in [4.69, 9.17) is 18.9 Å².